The first-order chi connectivity index (χ1) is 13.6. The third kappa shape index (κ3) is 4.10. The number of nitrogens with one attached hydrogen (secondary N) is 2. The van der Waals surface area contributed by atoms with E-state index in [0.29, 0.717) is 5.95 Å². The van der Waals surface area contributed by atoms with E-state index in [-0.39, 0.29) is 5.75 Å². The van der Waals surface area contributed by atoms with Crippen molar-refractivity contribution in [2.45, 2.75) is 13.8 Å². The molecular weight excluding hydrogens is 370 g/mol. The Morgan fingerprint density at radius 3 is 2.68 bits per heavy atom. The van der Waals surface area contributed by atoms with Crippen molar-refractivity contribution in [2.75, 3.05) is 10.6 Å². The molecule has 4 rings (SSSR count). The van der Waals surface area contributed by atoms with E-state index < -0.39 is 0 Å². The van der Waals surface area contributed by atoms with Crippen LogP contribution in [-0.4, -0.2) is 20.1 Å². The summed E-state index contributed by atoms with van der Waals surface area (Å²) < 4.78 is 0. The third-order valence-corrected chi connectivity index (χ3v) is 5.07. The molecule has 0 atom stereocenters. The Morgan fingerprint density at radius 1 is 0.964 bits per heavy atom. The molecule has 0 fully saturated rings. The number of phenols is 1. The Morgan fingerprint density at radius 2 is 1.86 bits per heavy atom. The SMILES string of the molecule is Cc1ccc(Nc2ncc(-c3ccnc(Nc4cccc(O)c4)n3)s2)c(C)c1. The number of aromatic nitrogens is 3. The van der Waals surface area contributed by atoms with Crippen LogP contribution in [0.3, 0.4) is 0 Å². The van der Waals surface area contributed by atoms with Gasteiger partial charge in [-0.1, -0.05) is 35.1 Å². The molecule has 0 aliphatic rings. The molecule has 6 nitrogen and oxygen atoms in total. The lowest BCUT2D eigenvalue weighted by Gasteiger charge is -2.07. The average molecular weight is 389 g/mol. The van der Waals surface area contributed by atoms with Crippen molar-refractivity contribution in [2.24, 2.45) is 0 Å². The molecule has 0 spiro atoms. The number of hydrogen-bond donors (Lipinski definition) is 3. The molecule has 2 aromatic heterocycles. The number of hydrogen-bond acceptors (Lipinski definition) is 7. The van der Waals surface area contributed by atoms with E-state index in [1.807, 2.05) is 12.1 Å². The van der Waals surface area contributed by atoms with E-state index in [0.717, 1.165) is 27.1 Å². The molecule has 0 saturated heterocycles. The van der Waals surface area contributed by atoms with E-state index in [9.17, 15) is 5.11 Å². The number of aromatic hydroxyl groups is 1. The van der Waals surface area contributed by atoms with E-state index >= 15 is 0 Å². The molecule has 0 radical (unpaired) electrons. The highest BCUT2D eigenvalue weighted by Crippen LogP contribution is 2.31. The molecular formula is C21H19N5OS. The molecule has 0 saturated carbocycles. The van der Waals surface area contributed by atoms with Gasteiger partial charge < -0.3 is 15.7 Å². The maximum atomic E-state index is 9.59. The lowest BCUT2D eigenvalue weighted by molar-refractivity contribution is 0.475. The van der Waals surface area contributed by atoms with Gasteiger partial charge in [-0.3, -0.25) is 0 Å². The number of aryl methyl sites for hydroxylation is 2. The molecule has 2 aromatic carbocycles. The van der Waals surface area contributed by atoms with Gasteiger partial charge in [0, 0.05) is 29.8 Å². The molecule has 0 unspecified atom stereocenters. The van der Waals surface area contributed by atoms with E-state index in [4.69, 9.17) is 0 Å². The summed E-state index contributed by atoms with van der Waals surface area (Å²) in [5.74, 6) is 0.645. The summed E-state index contributed by atoms with van der Waals surface area (Å²) in [6.45, 7) is 4.16. The molecule has 3 N–H and O–H groups in total. The van der Waals surface area contributed by atoms with Gasteiger partial charge in [-0.2, -0.15) is 0 Å². The van der Waals surface area contributed by atoms with Crippen molar-refractivity contribution < 1.29 is 5.11 Å². The molecule has 0 amide bonds. The van der Waals surface area contributed by atoms with Crippen LogP contribution in [0, 0.1) is 13.8 Å². The van der Waals surface area contributed by atoms with Gasteiger partial charge in [0.2, 0.25) is 5.95 Å². The highest BCUT2D eigenvalue weighted by Gasteiger charge is 2.09. The topological polar surface area (TPSA) is 83.0 Å². The Bertz CT molecular complexity index is 1130. The number of benzene rings is 2. The van der Waals surface area contributed by atoms with Crippen LogP contribution in [0.2, 0.25) is 0 Å². The van der Waals surface area contributed by atoms with Crippen molar-refractivity contribution >= 4 is 33.8 Å². The van der Waals surface area contributed by atoms with Gasteiger partial charge >= 0.3 is 0 Å². The summed E-state index contributed by atoms with van der Waals surface area (Å²) in [4.78, 5) is 14.2. The predicted molar refractivity (Wildman–Crippen MR) is 114 cm³/mol. The minimum Gasteiger partial charge on any atom is -0.508 e. The van der Waals surface area contributed by atoms with Gasteiger partial charge in [0.05, 0.1) is 10.6 Å². The number of anilines is 4. The Kier molecular flexibility index (Phi) is 4.90. The third-order valence-electron chi connectivity index (χ3n) is 4.14. The standard InChI is InChI=1S/C21H19N5OS/c1-13-6-7-17(14(2)10-13)26-21-23-12-19(28-21)18-8-9-22-20(25-18)24-15-4-3-5-16(27)11-15/h3-12,27H,1-2H3,(H,23,26)(H,22,24,25). The summed E-state index contributed by atoms with van der Waals surface area (Å²) in [6, 6.07) is 15.0. The van der Waals surface area contributed by atoms with Crippen molar-refractivity contribution in [3.63, 3.8) is 0 Å². The van der Waals surface area contributed by atoms with Crippen molar-refractivity contribution in [3.8, 4) is 16.3 Å². The minimum absolute atomic E-state index is 0.186. The van der Waals surface area contributed by atoms with E-state index in [1.165, 1.54) is 22.5 Å². The molecule has 0 bridgehead atoms. The Balaban J connectivity index is 1.53. The Hall–Kier alpha value is -3.45. The van der Waals surface area contributed by atoms with Crippen LogP contribution in [0.1, 0.15) is 11.1 Å². The maximum Gasteiger partial charge on any atom is 0.227 e. The van der Waals surface area contributed by atoms with Crippen molar-refractivity contribution in [1.82, 2.24) is 15.0 Å². The molecule has 28 heavy (non-hydrogen) atoms. The lowest BCUT2D eigenvalue weighted by Crippen LogP contribution is -1.97. The smallest absolute Gasteiger partial charge is 0.227 e. The van der Waals surface area contributed by atoms with Gasteiger partial charge in [-0.25, -0.2) is 15.0 Å². The molecule has 7 heteroatoms. The molecule has 0 aliphatic carbocycles. The number of rotatable bonds is 5. The first-order valence-electron chi connectivity index (χ1n) is 8.76. The van der Waals surface area contributed by atoms with E-state index in [1.54, 1.807) is 30.6 Å². The maximum absolute atomic E-state index is 9.59. The lowest BCUT2D eigenvalue weighted by atomic mass is 10.1. The summed E-state index contributed by atoms with van der Waals surface area (Å²) in [5.41, 5.74) is 4.95. The summed E-state index contributed by atoms with van der Waals surface area (Å²) >= 11 is 1.53. The first kappa shape index (κ1) is 17.9. The van der Waals surface area contributed by atoms with Gasteiger partial charge in [-0.15, -0.1) is 0 Å². The van der Waals surface area contributed by atoms with Crippen LogP contribution in [-0.2, 0) is 0 Å². The number of nitrogens with zero attached hydrogens (tertiary/aromatic N) is 3. The second-order valence-corrected chi connectivity index (χ2v) is 7.44. The molecule has 4 aromatic rings. The zero-order valence-electron chi connectivity index (χ0n) is 15.5. The zero-order chi connectivity index (χ0) is 19.5. The number of phenolic OH excluding ortho intramolecular Hbond substituents is 1. The summed E-state index contributed by atoms with van der Waals surface area (Å²) in [5, 5.41) is 16.9. The minimum atomic E-state index is 0.186. The zero-order valence-corrected chi connectivity index (χ0v) is 16.3. The van der Waals surface area contributed by atoms with Crippen LogP contribution in [0.25, 0.3) is 10.6 Å². The average Bonchev–Trinajstić information content (AvgIpc) is 3.13. The largest absolute Gasteiger partial charge is 0.508 e. The van der Waals surface area contributed by atoms with Crippen molar-refractivity contribution in [3.05, 3.63) is 72.1 Å². The molecule has 140 valence electrons. The Labute approximate surface area is 167 Å². The summed E-state index contributed by atoms with van der Waals surface area (Å²) in [6.07, 6.45) is 3.50. The monoisotopic (exact) mass is 389 g/mol. The van der Waals surface area contributed by atoms with Crippen LogP contribution in [0.4, 0.5) is 22.5 Å². The second kappa shape index (κ2) is 7.66. The van der Waals surface area contributed by atoms with Crippen LogP contribution in [0.5, 0.6) is 5.75 Å². The first-order valence-corrected chi connectivity index (χ1v) is 9.58. The van der Waals surface area contributed by atoms with Gasteiger partial charge in [0.1, 0.15) is 5.75 Å². The van der Waals surface area contributed by atoms with Gasteiger partial charge in [-0.05, 0) is 43.7 Å². The second-order valence-electron chi connectivity index (χ2n) is 6.41. The van der Waals surface area contributed by atoms with Crippen LogP contribution < -0.4 is 10.6 Å². The van der Waals surface area contributed by atoms with Crippen LogP contribution >= 0.6 is 11.3 Å². The predicted octanol–water partition coefficient (Wildman–Crippen LogP) is 5.41. The van der Waals surface area contributed by atoms with E-state index in [2.05, 4.69) is 57.6 Å². The van der Waals surface area contributed by atoms with Crippen molar-refractivity contribution in [1.29, 1.82) is 0 Å². The number of thiazole rings is 1. The fourth-order valence-corrected chi connectivity index (χ4v) is 3.59. The van der Waals surface area contributed by atoms with Gasteiger partial charge in [0.25, 0.3) is 0 Å². The quantitative estimate of drug-likeness (QED) is 0.423. The fraction of sp³-hybridized carbons (Fsp3) is 0.0952. The molecule has 2 heterocycles. The highest BCUT2D eigenvalue weighted by molar-refractivity contribution is 7.18. The highest BCUT2D eigenvalue weighted by atomic mass is 32.1. The summed E-state index contributed by atoms with van der Waals surface area (Å²) in [7, 11) is 0. The van der Waals surface area contributed by atoms with Gasteiger partial charge in [0.15, 0.2) is 5.13 Å². The molecule has 0 aliphatic heterocycles. The normalized spacial score (nSPS) is 10.6. The fourth-order valence-electron chi connectivity index (χ4n) is 2.79. The van der Waals surface area contributed by atoms with Crippen LogP contribution in [0.15, 0.2) is 60.9 Å².